The summed E-state index contributed by atoms with van der Waals surface area (Å²) in [4.78, 5) is 21.3. The molecule has 9 heteroatoms. The van der Waals surface area contributed by atoms with Crippen molar-refractivity contribution in [3.63, 3.8) is 0 Å². The van der Waals surface area contributed by atoms with Crippen molar-refractivity contribution in [3.8, 4) is 0 Å². The SMILES string of the molecule is Cc1cc(Nc2nc(N3CCC(C)CC3)ncc2[N+](=O)[O-])n[nH]1. The fourth-order valence-corrected chi connectivity index (χ4v) is 2.56. The number of H-pyrrole nitrogens is 1. The van der Waals surface area contributed by atoms with Gasteiger partial charge < -0.3 is 10.2 Å². The molecule has 23 heavy (non-hydrogen) atoms. The van der Waals surface area contributed by atoms with Gasteiger partial charge in [0.2, 0.25) is 11.8 Å². The smallest absolute Gasteiger partial charge is 0.330 e. The molecule has 3 heterocycles. The Morgan fingerprint density at radius 2 is 2.17 bits per heavy atom. The number of piperidine rings is 1. The minimum absolute atomic E-state index is 0.158. The molecule has 0 bridgehead atoms. The molecule has 0 amide bonds. The van der Waals surface area contributed by atoms with E-state index in [4.69, 9.17) is 0 Å². The summed E-state index contributed by atoms with van der Waals surface area (Å²) < 4.78 is 0. The molecule has 3 rings (SSSR count). The maximum Gasteiger partial charge on any atom is 0.330 e. The third kappa shape index (κ3) is 3.38. The van der Waals surface area contributed by atoms with Gasteiger partial charge in [-0.2, -0.15) is 10.1 Å². The second kappa shape index (κ2) is 6.19. The van der Waals surface area contributed by atoms with Crippen molar-refractivity contribution in [2.24, 2.45) is 5.92 Å². The van der Waals surface area contributed by atoms with Gasteiger partial charge in [0, 0.05) is 24.8 Å². The van der Waals surface area contributed by atoms with Gasteiger partial charge in [0.05, 0.1) is 4.92 Å². The zero-order chi connectivity index (χ0) is 16.4. The van der Waals surface area contributed by atoms with Crippen LogP contribution in [0.5, 0.6) is 0 Å². The molecule has 1 aliphatic rings. The number of aromatic amines is 1. The Balaban J connectivity index is 1.88. The van der Waals surface area contributed by atoms with Crippen molar-refractivity contribution in [2.75, 3.05) is 23.3 Å². The zero-order valence-electron chi connectivity index (χ0n) is 13.1. The number of aryl methyl sites for hydroxylation is 1. The lowest BCUT2D eigenvalue weighted by Gasteiger charge is -2.30. The average molecular weight is 317 g/mol. The lowest BCUT2D eigenvalue weighted by molar-refractivity contribution is -0.384. The Kier molecular flexibility index (Phi) is 4.09. The maximum absolute atomic E-state index is 11.2. The number of anilines is 3. The molecule has 0 radical (unpaired) electrons. The Labute approximate surface area is 133 Å². The standard InChI is InChI=1S/C14H19N7O2/c1-9-3-5-20(6-4-9)14-15-8-11(21(22)23)13(17-14)16-12-7-10(2)18-19-12/h7-9H,3-6H2,1-2H3,(H2,15,16,17,18,19). The molecule has 0 aromatic carbocycles. The highest BCUT2D eigenvalue weighted by Crippen LogP contribution is 2.28. The molecule has 9 nitrogen and oxygen atoms in total. The Hall–Kier alpha value is -2.71. The first-order valence-electron chi connectivity index (χ1n) is 7.58. The van der Waals surface area contributed by atoms with Gasteiger partial charge in [-0.15, -0.1) is 0 Å². The van der Waals surface area contributed by atoms with E-state index in [1.54, 1.807) is 6.07 Å². The second-order valence-corrected chi connectivity index (χ2v) is 5.89. The molecule has 1 fully saturated rings. The van der Waals surface area contributed by atoms with E-state index in [1.165, 1.54) is 6.20 Å². The normalized spacial score (nSPS) is 15.7. The minimum Gasteiger partial charge on any atom is -0.341 e. The predicted molar refractivity (Wildman–Crippen MR) is 85.9 cm³/mol. The van der Waals surface area contributed by atoms with Gasteiger partial charge in [-0.3, -0.25) is 15.2 Å². The number of nitro groups is 1. The second-order valence-electron chi connectivity index (χ2n) is 5.89. The topological polar surface area (TPSA) is 113 Å². The van der Waals surface area contributed by atoms with Crippen LogP contribution in [0, 0.1) is 23.0 Å². The first-order valence-corrected chi connectivity index (χ1v) is 7.58. The third-order valence-corrected chi connectivity index (χ3v) is 3.97. The van der Waals surface area contributed by atoms with Crippen molar-refractivity contribution >= 4 is 23.3 Å². The molecule has 1 saturated heterocycles. The van der Waals surface area contributed by atoms with Crippen molar-refractivity contribution < 1.29 is 4.92 Å². The van der Waals surface area contributed by atoms with Crippen LogP contribution in [0.1, 0.15) is 25.5 Å². The summed E-state index contributed by atoms with van der Waals surface area (Å²) in [5.74, 6) is 1.85. The number of nitrogens with zero attached hydrogens (tertiary/aromatic N) is 5. The van der Waals surface area contributed by atoms with E-state index in [1.807, 2.05) is 6.92 Å². The van der Waals surface area contributed by atoms with E-state index in [-0.39, 0.29) is 11.5 Å². The fraction of sp³-hybridized carbons (Fsp3) is 0.500. The summed E-state index contributed by atoms with van der Waals surface area (Å²) in [6.45, 7) is 5.80. The van der Waals surface area contributed by atoms with Gasteiger partial charge in [-0.25, -0.2) is 4.98 Å². The molecular formula is C14H19N7O2. The van der Waals surface area contributed by atoms with E-state index in [0.717, 1.165) is 31.6 Å². The van der Waals surface area contributed by atoms with Crippen LogP contribution in [-0.2, 0) is 0 Å². The molecule has 2 aromatic rings. The summed E-state index contributed by atoms with van der Waals surface area (Å²) in [5, 5.41) is 20.9. The van der Waals surface area contributed by atoms with Gasteiger partial charge in [0.1, 0.15) is 6.20 Å². The van der Waals surface area contributed by atoms with Crippen molar-refractivity contribution in [2.45, 2.75) is 26.7 Å². The highest BCUT2D eigenvalue weighted by molar-refractivity contribution is 5.64. The van der Waals surface area contributed by atoms with Crippen LogP contribution in [0.4, 0.5) is 23.3 Å². The molecular weight excluding hydrogens is 298 g/mol. The fourth-order valence-electron chi connectivity index (χ4n) is 2.56. The largest absolute Gasteiger partial charge is 0.341 e. The summed E-state index contributed by atoms with van der Waals surface area (Å²) in [7, 11) is 0. The number of nitrogens with one attached hydrogen (secondary N) is 2. The number of hydrogen-bond acceptors (Lipinski definition) is 7. The van der Waals surface area contributed by atoms with E-state index < -0.39 is 4.92 Å². The van der Waals surface area contributed by atoms with Crippen molar-refractivity contribution in [1.82, 2.24) is 20.2 Å². The molecule has 0 unspecified atom stereocenters. The molecule has 1 aliphatic heterocycles. The molecule has 2 aromatic heterocycles. The maximum atomic E-state index is 11.2. The summed E-state index contributed by atoms with van der Waals surface area (Å²) >= 11 is 0. The molecule has 0 atom stereocenters. The highest BCUT2D eigenvalue weighted by atomic mass is 16.6. The van der Waals surface area contributed by atoms with E-state index in [0.29, 0.717) is 17.7 Å². The van der Waals surface area contributed by atoms with Gasteiger partial charge in [0.15, 0.2) is 5.82 Å². The number of aromatic nitrogens is 4. The van der Waals surface area contributed by atoms with E-state index in [9.17, 15) is 10.1 Å². The number of rotatable bonds is 4. The molecule has 0 saturated carbocycles. The Morgan fingerprint density at radius 1 is 1.43 bits per heavy atom. The van der Waals surface area contributed by atoms with E-state index >= 15 is 0 Å². The summed E-state index contributed by atoms with van der Waals surface area (Å²) in [6, 6.07) is 1.76. The van der Waals surface area contributed by atoms with Crippen molar-refractivity contribution in [1.29, 1.82) is 0 Å². The molecule has 0 spiro atoms. The third-order valence-electron chi connectivity index (χ3n) is 3.97. The van der Waals surface area contributed by atoms with Crippen LogP contribution in [0.25, 0.3) is 0 Å². The van der Waals surface area contributed by atoms with Gasteiger partial charge in [-0.1, -0.05) is 6.92 Å². The lowest BCUT2D eigenvalue weighted by Crippen LogP contribution is -2.34. The quantitative estimate of drug-likeness (QED) is 0.657. The van der Waals surface area contributed by atoms with Crippen molar-refractivity contribution in [3.05, 3.63) is 28.1 Å². The van der Waals surface area contributed by atoms with Crippen LogP contribution >= 0.6 is 0 Å². The van der Waals surface area contributed by atoms with Crippen LogP contribution in [0.15, 0.2) is 12.3 Å². The van der Waals surface area contributed by atoms with Crippen LogP contribution in [0.3, 0.4) is 0 Å². The lowest BCUT2D eigenvalue weighted by atomic mass is 10.00. The van der Waals surface area contributed by atoms with Gasteiger partial charge in [-0.05, 0) is 25.7 Å². The highest BCUT2D eigenvalue weighted by Gasteiger charge is 2.23. The predicted octanol–water partition coefficient (Wildman–Crippen LogP) is 2.40. The Bertz CT molecular complexity index is 707. The first kappa shape index (κ1) is 15.2. The number of hydrogen-bond donors (Lipinski definition) is 2. The zero-order valence-corrected chi connectivity index (χ0v) is 13.1. The van der Waals surface area contributed by atoms with Gasteiger partial charge in [0.25, 0.3) is 0 Å². The first-order chi connectivity index (χ1) is 11.0. The molecule has 2 N–H and O–H groups in total. The van der Waals surface area contributed by atoms with E-state index in [2.05, 4.69) is 37.3 Å². The van der Waals surface area contributed by atoms with Gasteiger partial charge >= 0.3 is 5.69 Å². The van der Waals surface area contributed by atoms with Crippen LogP contribution < -0.4 is 10.2 Å². The minimum atomic E-state index is -0.496. The summed E-state index contributed by atoms with van der Waals surface area (Å²) in [5.41, 5.74) is 0.689. The Morgan fingerprint density at radius 3 is 2.78 bits per heavy atom. The average Bonchev–Trinajstić information content (AvgIpc) is 2.93. The van der Waals surface area contributed by atoms with Crippen LogP contribution in [0.2, 0.25) is 0 Å². The molecule has 0 aliphatic carbocycles. The van der Waals surface area contributed by atoms with Crippen LogP contribution in [-0.4, -0.2) is 38.2 Å². The summed E-state index contributed by atoms with van der Waals surface area (Å²) in [6.07, 6.45) is 3.39. The molecule has 122 valence electrons. The monoisotopic (exact) mass is 317 g/mol.